The molecule has 1 aromatic carbocycles. The maximum absolute atomic E-state index is 13.0. The van der Waals surface area contributed by atoms with Gasteiger partial charge in [-0.15, -0.1) is 16.4 Å². The number of aryl methyl sites for hydroxylation is 2. The van der Waals surface area contributed by atoms with E-state index in [4.69, 9.17) is 16.3 Å². The number of halogens is 1. The number of hydrogen-bond acceptors (Lipinski definition) is 6. The molecule has 0 aliphatic heterocycles. The van der Waals surface area contributed by atoms with Gasteiger partial charge in [0.25, 0.3) is 0 Å². The molecular formula is C18H19FN4OS. The molecule has 0 aliphatic carbocycles. The lowest BCUT2D eigenvalue weighted by atomic mass is 10.1. The molecule has 0 aliphatic rings. The van der Waals surface area contributed by atoms with Crippen LogP contribution in [0.1, 0.15) is 27.3 Å². The molecule has 0 fully saturated rings. The molecule has 0 radical (unpaired) electrons. The van der Waals surface area contributed by atoms with Crippen LogP contribution < -0.4 is 11.6 Å². The number of ether oxygens (including phenoxy) is 1. The van der Waals surface area contributed by atoms with Gasteiger partial charge in [-0.1, -0.05) is 0 Å². The van der Waals surface area contributed by atoms with Gasteiger partial charge in [-0.2, -0.15) is 0 Å². The molecule has 2 aromatic heterocycles. The van der Waals surface area contributed by atoms with E-state index in [-0.39, 0.29) is 18.3 Å². The van der Waals surface area contributed by atoms with Gasteiger partial charge in [-0.05, 0) is 56.2 Å². The third-order valence-electron chi connectivity index (χ3n) is 4.30. The summed E-state index contributed by atoms with van der Waals surface area (Å²) in [4.78, 5) is 6.37. The Morgan fingerprint density at radius 1 is 1.20 bits per heavy atom. The fraction of sp³-hybridized carbons (Fsp3) is 0.222. The Morgan fingerprint density at radius 2 is 1.88 bits per heavy atom. The van der Waals surface area contributed by atoms with E-state index in [2.05, 4.69) is 10.1 Å². The summed E-state index contributed by atoms with van der Waals surface area (Å²) in [7, 11) is 0. The maximum atomic E-state index is 13.0. The van der Waals surface area contributed by atoms with Crippen LogP contribution in [0.5, 0.6) is 0 Å². The molecule has 25 heavy (non-hydrogen) atoms. The van der Waals surface area contributed by atoms with Gasteiger partial charge in [0.15, 0.2) is 0 Å². The zero-order valence-corrected chi connectivity index (χ0v) is 15.1. The monoisotopic (exact) mass is 358 g/mol. The Hall–Kier alpha value is -2.67. The Morgan fingerprint density at radius 3 is 2.52 bits per heavy atom. The summed E-state index contributed by atoms with van der Waals surface area (Å²) in [6.45, 7) is 6.29. The highest BCUT2D eigenvalue weighted by molar-refractivity contribution is 7.19. The summed E-state index contributed by atoms with van der Waals surface area (Å²) >= 11 is 1.49. The number of pyridine rings is 1. The number of benzene rings is 1. The topological polar surface area (TPSA) is 86.5 Å². The van der Waals surface area contributed by atoms with Crippen molar-refractivity contribution in [3.8, 4) is 0 Å². The minimum absolute atomic E-state index is 0.220. The fourth-order valence-electron chi connectivity index (χ4n) is 2.64. The van der Waals surface area contributed by atoms with Crippen molar-refractivity contribution in [1.82, 2.24) is 4.98 Å². The zero-order chi connectivity index (χ0) is 18.1. The second-order valence-corrected chi connectivity index (χ2v) is 6.88. The minimum Gasteiger partial charge on any atom is -0.470 e. The number of anilines is 1. The SMILES string of the molecule is Cc1nc2sc(CO/C(=N\N)c3ccc(F)cc3)c(N)c2c(C)c1C. The van der Waals surface area contributed by atoms with E-state index in [1.54, 1.807) is 12.1 Å². The first-order valence-corrected chi connectivity index (χ1v) is 8.55. The molecule has 0 spiro atoms. The van der Waals surface area contributed by atoms with Gasteiger partial charge in [0, 0.05) is 16.6 Å². The molecule has 7 heteroatoms. The van der Waals surface area contributed by atoms with Crippen molar-refractivity contribution in [2.24, 2.45) is 10.9 Å². The van der Waals surface area contributed by atoms with Crippen molar-refractivity contribution < 1.29 is 9.13 Å². The Balaban J connectivity index is 1.89. The van der Waals surface area contributed by atoms with Crippen molar-refractivity contribution in [1.29, 1.82) is 0 Å². The molecule has 4 N–H and O–H groups in total. The van der Waals surface area contributed by atoms with Crippen LogP contribution in [0.3, 0.4) is 0 Å². The largest absolute Gasteiger partial charge is 0.470 e. The summed E-state index contributed by atoms with van der Waals surface area (Å²) in [5, 5.41) is 4.62. The average Bonchev–Trinajstić information content (AvgIpc) is 2.90. The molecule has 3 aromatic rings. The lowest BCUT2D eigenvalue weighted by molar-refractivity contribution is 0.296. The Kier molecular flexibility index (Phi) is 4.59. The predicted octanol–water partition coefficient (Wildman–Crippen LogP) is 3.78. The second kappa shape index (κ2) is 6.68. The number of nitrogens with two attached hydrogens (primary N) is 2. The molecule has 0 bridgehead atoms. The first kappa shape index (κ1) is 17.2. The van der Waals surface area contributed by atoms with Crippen LogP contribution in [-0.4, -0.2) is 10.9 Å². The number of nitrogens with zero attached hydrogens (tertiary/aromatic N) is 2. The van der Waals surface area contributed by atoms with Crippen LogP contribution in [0, 0.1) is 26.6 Å². The molecule has 0 amide bonds. The molecule has 0 saturated heterocycles. The smallest absolute Gasteiger partial charge is 0.238 e. The summed E-state index contributed by atoms with van der Waals surface area (Å²) in [5.74, 6) is 5.31. The van der Waals surface area contributed by atoms with E-state index >= 15 is 0 Å². The highest BCUT2D eigenvalue weighted by Gasteiger charge is 2.16. The van der Waals surface area contributed by atoms with E-state index in [0.29, 0.717) is 11.3 Å². The maximum Gasteiger partial charge on any atom is 0.238 e. The lowest BCUT2D eigenvalue weighted by Crippen LogP contribution is -2.09. The molecule has 0 unspecified atom stereocenters. The number of aromatic nitrogens is 1. The molecule has 5 nitrogen and oxygen atoms in total. The Labute approximate surface area is 149 Å². The van der Waals surface area contributed by atoms with Crippen LogP contribution >= 0.6 is 11.3 Å². The van der Waals surface area contributed by atoms with Gasteiger partial charge in [0.05, 0.1) is 10.6 Å². The molecule has 130 valence electrons. The van der Waals surface area contributed by atoms with Gasteiger partial charge in [0.1, 0.15) is 17.3 Å². The van der Waals surface area contributed by atoms with Crippen LogP contribution in [0.2, 0.25) is 0 Å². The van der Waals surface area contributed by atoms with Gasteiger partial charge < -0.3 is 16.3 Å². The molecular weight excluding hydrogens is 339 g/mol. The van der Waals surface area contributed by atoms with Crippen LogP contribution in [0.4, 0.5) is 10.1 Å². The summed E-state index contributed by atoms with van der Waals surface area (Å²) in [5.41, 5.74) is 10.9. The zero-order valence-electron chi connectivity index (χ0n) is 14.3. The Bertz CT molecular complexity index is 964. The summed E-state index contributed by atoms with van der Waals surface area (Å²) in [6, 6.07) is 5.79. The fourth-order valence-corrected chi connectivity index (χ4v) is 3.75. The number of thiophene rings is 1. The van der Waals surface area contributed by atoms with Gasteiger partial charge in [-0.3, -0.25) is 0 Å². The van der Waals surface area contributed by atoms with Gasteiger partial charge >= 0.3 is 0 Å². The highest BCUT2D eigenvalue weighted by Crippen LogP contribution is 2.36. The summed E-state index contributed by atoms with van der Waals surface area (Å²) in [6.07, 6.45) is 0. The molecule has 3 rings (SSSR count). The number of hydrogen-bond donors (Lipinski definition) is 2. The molecule has 0 atom stereocenters. The van der Waals surface area contributed by atoms with E-state index in [0.717, 1.165) is 31.9 Å². The van der Waals surface area contributed by atoms with E-state index in [1.165, 1.54) is 23.5 Å². The van der Waals surface area contributed by atoms with Gasteiger partial charge in [0.2, 0.25) is 5.90 Å². The number of nitrogen functional groups attached to an aromatic ring is 1. The van der Waals surface area contributed by atoms with Crippen molar-refractivity contribution in [2.75, 3.05) is 5.73 Å². The van der Waals surface area contributed by atoms with Crippen molar-refractivity contribution in [3.63, 3.8) is 0 Å². The van der Waals surface area contributed by atoms with E-state index in [9.17, 15) is 4.39 Å². The third kappa shape index (κ3) is 3.15. The highest BCUT2D eigenvalue weighted by atomic mass is 32.1. The summed E-state index contributed by atoms with van der Waals surface area (Å²) < 4.78 is 18.8. The first-order valence-electron chi connectivity index (χ1n) is 7.73. The van der Waals surface area contributed by atoms with Crippen molar-refractivity contribution >= 4 is 33.1 Å². The first-order chi connectivity index (χ1) is 11.9. The van der Waals surface area contributed by atoms with Crippen molar-refractivity contribution in [3.05, 3.63) is 57.3 Å². The second-order valence-electron chi connectivity index (χ2n) is 5.80. The third-order valence-corrected chi connectivity index (χ3v) is 5.37. The van der Waals surface area contributed by atoms with Gasteiger partial charge in [-0.25, -0.2) is 9.37 Å². The normalized spacial score (nSPS) is 11.9. The van der Waals surface area contributed by atoms with E-state index < -0.39 is 0 Å². The average molecular weight is 358 g/mol. The standard InChI is InChI=1S/C18H19FN4OS/c1-9-10(2)15-16(20)14(25-18(15)22-11(9)3)8-24-17(23-21)12-4-6-13(19)7-5-12/h4-7H,8,20-21H2,1-3H3/b23-17-. The van der Waals surface area contributed by atoms with E-state index in [1.807, 2.05) is 20.8 Å². The molecule has 0 saturated carbocycles. The number of fused-ring (bicyclic) bond motifs is 1. The number of rotatable bonds is 3. The van der Waals surface area contributed by atoms with Crippen LogP contribution in [0.15, 0.2) is 29.4 Å². The quantitative estimate of drug-likeness (QED) is 0.323. The lowest BCUT2D eigenvalue weighted by Gasteiger charge is -2.08. The van der Waals surface area contributed by atoms with Crippen LogP contribution in [0.25, 0.3) is 10.2 Å². The predicted molar refractivity (Wildman–Crippen MR) is 100 cm³/mol. The van der Waals surface area contributed by atoms with Crippen molar-refractivity contribution in [2.45, 2.75) is 27.4 Å². The molecule has 2 heterocycles. The number of hydrazone groups is 1. The van der Waals surface area contributed by atoms with Crippen LogP contribution in [-0.2, 0) is 11.3 Å². The minimum atomic E-state index is -0.332.